The van der Waals surface area contributed by atoms with Crippen molar-refractivity contribution in [1.82, 2.24) is 10.2 Å². The van der Waals surface area contributed by atoms with Gasteiger partial charge in [0.2, 0.25) is 5.91 Å². The highest BCUT2D eigenvalue weighted by atomic mass is 79.9. The van der Waals surface area contributed by atoms with Crippen LogP contribution in [0.2, 0.25) is 0 Å². The van der Waals surface area contributed by atoms with Crippen molar-refractivity contribution < 1.29 is 14.3 Å². The largest absolute Gasteiger partial charge is 0.443 e. The fourth-order valence-electron chi connectivity index (χ4n) is 1.79. The Kier molecular flexibility index (Phi) is 6.52. The van der Waals surface area contributed by atoms with Gasteiger partial charge in [0.05, 0.1) is 0 Å². The summed E-state index contributed by atoms with van der Waals surface area (Å²) in [6.45, 7) is 6.13. The van der Waals surface area contributed by atoms with Crippen molar-refractivity contribution in [2.45, 2.75) is 52.1 Å². The summed E-state index contributed by atoms with van der Waals surface area (Å²) in [7, 11) is 0. The van der Waals surface area contributed by atoms with E-state index in [4.69, 9.17) is 4.74 Å². The van der Waals surface area contributed by atoms with Gasteiger partial charge in [-0.05, 0) is 40.0 Å². The first kappa shape index (κ1) is 17.0. The molecule has 0 aromatic heterocycles. The smallest absolute Gasteiger partial charge is 0.414 e. The van der Waals surface area contributed by atoms with Gasteiger partial charge in [-0.25, -0.2) is 4.79 Å². The first-order chi connectivity index (χ1) is 9.31. The zero-order chi connectivity index (χ0) is 15.2. The highest BCUT2D eigenvalue weighted by Gasteiger charge is 2.23. The third kappa shape index (κ3) is 6.41. The molecule has 2 amide bonds. The van der Waals surface area contributed by atoms with E-state index in [1.807, 2.05) is 20.8 Å². The summed E-state index contributed by atoms with van der Waals surface area (Å²) in [5.74, 6) is -0.0123. The van der Waals surface area contributed by atoms with Crippen LogP contribution in [0.4, 0.5) is 4.79 Å². The second-order valence-corrected chi connectivity index (χ2v) is 6.57. The predicted molar refractivity (Wildman–Crippen MR) is 81.4 cm³/mol. The van der Waals surface area contributed by atoms with Gasteiger partial charge >= 0.3 is 6.09 Å². The lowest BCUT2D eigenvalue weighted by atomic mass is 10.1. The van der Waals surface area contributed by atoms with Crippen molar-refractivity contribution in [3.63, 3.8) is 0 Å². The van der Waals surface area contributed by atoms with Crippen LogP contribution in [0.3, 0.4) is 0 Å². The average Bonchev–Trinajstić information content (AvgIpc) is 2.34. The molecule has 1 aliphatic rings. The van der Waals surface area contributed by atoms with E-state index in [9.17, 15) is 9.59 Å². The minimum absolute atomic E-state index is 0.0123. The van der Waals surface area contributed by atoms with E-state index < -0.39 is 5.60 Å². The highest BCUT2D eigenvalue weighted by molar-refractivity contribution is 9.09. The standard InChI is InChI=1S/C14H23BrN2O3/c1-14(2,3)20-13(19)17-9-5-6-11(10-17)16-12(18)7-4-8-15/h10H,4-9H2,1-3H3,(H,16,18). The van der Waals surface area contributed by atoms with Gasteiger partial charge in [-0.3, -0.25) is 9.69 Å². The Labute approximate surface area is 128 Å². The molecule has 0 aromatic carbocycles. The molecule has 1 N–H and O–H groups in total. The van der Waals surface area contributed by atoms with Gasteiger partial charge in [-0.2, -0.15) is 0 Å². The number of nitrogens with zero attached hydrogens (tertiary/aromatic N) is 1. The first-order valence-electron chi connectivity index (χ1n) is 6.88. The molecule has 0 atom stereocenters. The Morgan fingerprint density at radius 2 is 2.15 bits per heavy atom. The second kappa shape index (κ2) is 7.67. The van der Waals surface area contributed by atoms with Crippen LogP contribution in [0.1, 0.15) is 46.5 Å². The molecule has 0 aliphatic carbocycles. The molecule has 0 aromatic rings. The summed E-state index contributed by atoms with van der Waals surface area (Å²) >= 11 is 3.30. The number of hydrogen-bond acceptors (Lipinski definition) is 3. The monoisotopic (exact) mass is 346 g/mol. The van der Waals surface area contributed by atoms with Crippen LogP contribution in [0.5, 0.6) is 0 Å². The third-order valence-electron chi connectivity index (χ3n) is 2.62. The van der Waals surface area contributed by atoms with Crippen LogP contribution in [-0.4, -0.2) is 34.4 Å². The van der Waals surface area contributed by atoms with E-state index in [1.54, 1.807) is 6.20 Å². The van der Waals surface area contributed by atoms with E-state index in [2.05, 4.69) is 21.2 Å². The molecule has 0 spiro atoms. The molecule has 0 bridgehead atoms. The van der Waals surface area contributed by atoms with Crippen molar-refractivity contribution >= 4 is 27.9 Å². The molecule has 0 fully saturated rings. The Hall–Kier alpha value is -1.04. The van der Waals surface area contributed by atoms with Gasteiger partial charge in [-0.1, -0.05) is 15.9 Å². The number of halogens is 1. The normalized spacial score (nSPS) is 15.6. The SMILES string of the molecule is CC(C)(C)OC(=O)N1C=C(NC(=O)CCCBr)CCC1. The van der Waals surface area contributed by atoms with E-state index in [0.29, 0.717) is 13.0 Å². The molecule has 1 rings (SSSR count). The zero-order valence-electron chi connectivity index (χ0n) is 12.4. The topological polar surface area (TPSA) is 58.6 Å². The minimum Gasteiger partial charge on any atom is -0.443 e. The lowest BCUT2D eigenvalue weighted by Crippen LogP contribution is -2.37. The number of allylic oxidation sites excluding steroid dienone is 1. The maximum absolute atomic E-state index is 12.0. The van der Waals surface area contributed by atoms with Crippen molar-refractivity contribution in [3.05, 3.63) is 11.9 Å². The number of nitrogens with one attached hydrogen (secondary N) is 1. The number of carbonyl (C=O) groups excluding carboxylic acids is 2. The van der Waals surface area contributed by atoms with Gasteiger partial charge in [0.15, 0.2) is 0 Å². The summed E-state index contributed by atoms with van der Waals surface area (Å²) in [6, 6.07) is 0. The number of carbonyl (C=O) groups is 2. The Morgan fingerprint density at radius 1 is 1.45 bits per heavy atom. The van der Waals surface area contributed by atoms with Crippen LogP contribution in [-0.2, 0) is 9.53 Å². The first-order valence-corrected chi connectivity index (χ1v) is 8.00. The summed E-state index contributed by atoms with van der Waals surface area (Å²) < 4.78 is 5.32. The molecule has 1 aliphatic heterocycles. The fourth-order valence-corrected chi connectivity index (χ4v) is 2.07. The average molecular weight is 347 g/mol. The lowest BCUT2D eigenvalue weighted by molar-refractivity contribution is -0.120. The molecule has 6 heteroatoms. The molecule has 5 nitrogen and oxygen atoms in total. The Bertz CT molecular complexity index is 388. The maximum atomic E-state index is 12.0. The molecule has 0 unspecified atom stereocenters. The van der Waals surface area contributed by atoms with Crippen LogP contribution in [0.25, 0.3) is 0 Å². The number of hydrogen-bond donors (Lipinski definition) is 1. The van der Waals surface area contributed by atoms with Gasteiger partial charge in [0.25, 0.3) is 0 Å². The zero-order valence-corrected chi connectivity index (χ0v) is 14.0. The van der Waals surface area contributed by atoms with Gasteiger partial charge in [0.1, 0.15) is 5.60 Å². The molecule has 0 saturated heterocycles. The molecule has 20 heavy (non-hydrogen) atoms. The molecular formula is C14H23BrN2O3. The third-order valence-corrected chi connectivity index (χ3v) is 3.18. The van der Waals surface area contributed by atoms with Gasteiger partial charge < -0.3 is 10.1 Å². The molecule has 0 saturated carbocycles. The Balaban J connectivity index is 2.56. The van der Waals surface area contributed by atoms with E-state index in [0.717, 1.165) is 30.3 Å². The molecule has 114 valence electrons. The Morgan fingerprint density at radius 3 is 2.75 bits per heavy atom. The maximum Gasteiger partial charge on any atom is 0.414 e. The van der Waals surface area contributed by atoms with Crippen molar-refractivity contribution in [1.29, 1.82) is 0 Å². The molecule has 0 radical (unpaired) electrons. The minimum atomic E-state index is -0.512. The second-order valence-electron chi connectivity index (χ2n) is 5.77. The summed E-state index contributed by atoms with van der Waals surface area (Å²) in [6.07, 6.45) is 4.20. The van der Waals surface area contributed by atoms with E-state index in [-0.39, 0.29) is 12.0 Å². The molecule has 1 heterocycles. The number of amides is 2. The number of rotatable bonds is 4. The predicted octanol–water partition coefficient (Wildman–Crippen LogP) is 3.15. The number of alkyl halides is 1. The highest BCUT2D eigenvalue weighted by Crippen LogP contribution is 2.16. The molecular weight excluding hydrogens is 324 g/mol. The summed E-state index contributed by atoms with van der Waals surface area (Å²) in [5.41, 5.74) is 0.267. The number of ether oxygens (including phenoxy) is 1. The van der Waals surface area contributed by atoms with Crippen LogP contribution >= 0.6 is 15.9 Å². The van der Waals surface area contributed by atoms with Gasteiger partial charge in [-0.15, -0.1) is 0 Å². The lowest BCUT2D eigenvalue weighted by Gasteiger charge is -2.28. The van der Waals surface area contributed by atoms with Crippen molar-refractivity contribution in [2.24, 2.45) is 0 Å². The van der Waals surface area contributed by atoms with E-state index >= 15 is 0 Å². The van der Waals surface area contributed by atoms with Crippen molar-refractivity contribution in [2.75, 3.05) is 11.9 Å². The summed E-state index contributed by atoms with van der Waals surface area (Å²) in [5, 5.41) is 3.66. The van der Waals surface area contributed by atoms with Gasteiger partial charge in [0, 0.05) is 30.2 Å². The van der Waals surface area contributed by atoms with Crippen LogP contribution in [0, 0.1) is 0 Å². The van der Waals surface area contributed by atoms with Crippen molar-refractivity contribution in [3.8, 4) is 0 Å². The van der Waals surface area contributed by atoms with E-state index in [1.165, 1.54) is 4.90 Å². The summed E-state index contributed by atoms with van der Waals surface area (Å²) in [4.78, 5) is 25.1. The van der Waals surface area contributed by atoms with Crippen LogP contribution < -0.4 is 5.32 Å². The van der Waals surface area contributed by atoms with Crippen LogP contribution in [0.15, 0.2) is 11.9 Å². The quantitative estimate of drug-likeness (QED) is 0.795. The fraction of sp³-hybridized carbons (Fsp3) is 0.714.